The topological polar surface area (TPSA) is 46.3 Å². The van der Waals surface area contributed by atoms with Gasteiger partial charge in [-0.25, -0.2) is 4.39 Å². The third kappa shape index (κ3) is 3.88. The van der Waals surface area contributed by atoms with Gasteiger partial charge in [0.05, 0.1) is 10.6 Å². The average Bonchev–Trinajstić information content (AvgIpc) is 2.27. The van der Waals surface area contributed by atoms with Crippen LogP contribution in [0.1, 0.15) is 17.3 Å². The third-order valence-corrected chi connectivity index (χ3v) is 3.84. The molecule has 98 valence electrons. The predicted molar refractivity (Wildman–Crippen MR) is 82.0 cm³/mol. The number of amides is 1. The molecule has 0 radical (unpaired) electrons. The Morgan fingerprint density at radius 2 is 2.22 bits per heavy atom. The van der Waals surface area contributed by atoms with E-state index in [4.69, 9.17) is 18.0 Å². The molecule has 1 rings (SSSR count). The van der Waals surface area contributed by atoms with Crippen molar-refractivity contribution in [1.29, 1.82) is 0 Å². The Kier molecular flexibility index (Phi) is 5.46. The van der Waals surface area contributed by atoms with Crippen molar-refractivity contribution in [2.24, 2.45) is 11.7 Å². The van der Waals surface area contributed by atoms with Crippen LogP contribution in [0.15, 0.2) is 18.2 Å². The second kappa shape index (κ2) is 6.42. The van der Waals surface area contributed by atoms with Crippen LogP contribution in [0, 0.1) is 15.3 Å². The van der Waals surface area contributed by atoms with Crippen LogP contribution < -0.4 is 5.73 Å². The lowest BCUT2D eigenvalue weighted by Gasteiger charge is -2.21. The van der Waals surface area contributed by atoms with Gasteiger partial charge in [0.25, 0.3) is 5.91 Å². The van der Waals surface area contributed by atoms with E-state index in [1.165, 1.54) is 18.2 Å². The number of hydrogen-bond acceptors (Lipinski definition) is 2. The summed E-state index contributed by atoms with van der Waals surface area (Å²) >= 11 is 6.82. The molecular weight excluding hydrogens is 366 g/mol. The molecule has 1 unspecified atom stereocenters. The van der Waals surface area contributed by atoms with Crippen molar-refractivity contribution in [3.05, 3.63) is 33.1 Å². The highest BCUT2D eigenvalue weighted by Gasteiger charge is 2.18. The zero-order valence-electron chi connectivity index (χ0n) is 10.1. The molecule has 0 heterocycles. The Morgan fingerprint density at radius 1 is 1.61 bits per heavy atom. The van der Waals surface area contributed by atoms with Gasteiger partial charge in [-0.15, -0.1) is 0 Å². The molecule has 0 aromatic heterocycles. The van der Waals surface area contributed by atoms with E-state index in [1.807, 2.05) is 29.5 Å². The van der Waals surface area contributed by atoms with Crippen molar-refractivity contribution in [3.63, 3.8) is 0 Å². The van der Waals surface area contributed by atoms with Gasteiger partial charge >= 0.3 is 0 Å². The summed E-state index contributed by atoms with van der Waals surface area (Å²) in [5, 5.41) is 0. The average molecular weight is 380 g/mol. The summed E-state index contributed by atoms with van der Waals surface area (Å²) in [6.07, 6.45) is 0. The van der Waals surface area contributed by atoms with E-state index in [1.54, 1.807) is 11.9 Å². The lowest BCUT2D eigenvalue weighted by molar-refractivity contribution is 0.0786. The van der Waals surface area contributed by atoms with Gasteiger partial charge in [-0.1, -0.05) is 19.1 Å². The Balaban J connectivity index is 2.83. The number of benzene rings is 1. The zero-order valence-corrected chi connectivity index (χ0v) is 13.1. The number of halogens is 2. The zero-order chi connectivity index (χ0) is 13.9. The van der Waals surface area contributed by atoms with E-state index in [9.17, 15) is 9.18 Å². The second-order valence-electron chi connectivity index (χ2n) is 4.11. The SMILES string of the molecule is CC(CN(C)C(=O)c1ccc(F)cc1I)C(N)=S. The summed E-state index contributed by atoms with van der Waals surface area (Å²) in [4.78, 5) is 14.1. The first-order valence-electron chi connectivity index (χ1n) is 5.32. The molecule has 0 bridgehead atoms. The van der Waals surface area contributed by atoms with Gasteiger partial charge in [0.15, 0.2) is 0 Å². The number of rotatable bonds is 4. The van der Waals surface area contributed by atoms with Crippen LogP contribution in [0.3, 0.4) is 0 Å². The number of carbonyl (C=O) groups is 1. The molecule has 1 amide bonds. The van der Waals surface area contributed by atoms with E-state index in [0.29, 0.717) is 20.7 Å². The van der Waals surface area contributed by atoms with E-state index < -0.39 is 0 Å². The maximum absolute atomic E-state index is 13.0. The molecule has 2 N–H and O–H groups in total. The Morgan fingerprint density at radius 3 is 2.72 bits per heavy atom. The van der Waals surface area contributed by atoms with Crippen molar-refractivity contribution in [1.82, 2.24) is 4.90 Å². The second-order valence-corrected chi connectivity index (χ2v) is 5.75. The maximum Gasteiger partial charge on any atom is 0.254 e. The van der Waals surface area contributed by atoms with E-state index in [0.717, 1.165) is 0 Å². The minimum absolute atomic E-state index is 0.0490. The van der Waals surface area contributed by atoms with Crippen LogP contribution in [-0.2, 0) is 0 Å². The van der Waals surface area contributed by atoms with Gasteiger partial charge in [0.1, 0.15) is 5.82 Å². The Hall–Kier alpha value is -0.760. The van der Waals surface area contributed by atoms with Crippen LogP contribution in [0.5, 0.6) is 0 Å². The summed E-state index contributed by atoms with van der Waals surface area (Å²) in [6.45, 7) is 2.31. The smallest absolute Gasteiger partial charge is 0.254 e. The quantitative estimate of drug-likeness (QED) is 0.645. The van der Waals surface area contributed by atoms with E-state index >= 15 is 0 Å². The van der Waals surface area contributed by atoms with Crippen molar-refractivity contribution in [2.75, 3.05) is 13.6 Å². The highest BCUT2D eigenvalue weighted by Crippen LogP contribution is 2.16. The summed E-state index contributed by atoms with van der Waals surface area (Å²) in [5.74, 6) is -0.565. The fraction of sp³-hybridized carbons (Fsp3) is 0.333. The van der Waals surface area contributed by atoms with Crippen molar-refractivity contribution in [2.45, 2.75) is 6.92 Å². The van der Waals surface area contributed by atoms with Crippen LogP contribution in [-0.4, -0.2) is 29.4 Å². The normalized spacial score (nSPS) is 12.0. The highest BCUT2D eigenvalue weighted by molar-refractivity contribution is 14.1. The maximum atomic E-state index is 13.0. The molecule has 3 nitrogen and oxygen atoms in total. The van der Waals surface area contributed by atoms with Gasteiger partial charge in [-0.3, -0.25) is 4.79 Å². The summed E-state index contributed by atoms with van der Waals surface area (Å²) in [6, 6.07) is 4.10. The number of nitrogens with two attached hydrogens (primary N) is 1. The molecular formula is C12H14FIN2OS. The van der Waals surface area contributed by atoms with Crippen LogP contribution in [0.25, 0.3) is 0 Å². The minimum Gasteiger partial charge on any atom is -0.393 e. The number of carbonyl (C=O) groups excluding carboxylic acids is 1. The van der Waals surface area contributed by atoms with Crippen molar-refractivity contribution >= 4 is 45.7 Å². The summed E-state index contributed by atoms with van der Waals surface area (Å²) in [7, 11) is 1.68. The molecule has 0 fully saturated rings. The Labute approximate surface area is 125 Å². The fourth-order valence-corrected chi connectivity index (χ4v) is 2.23. The molecule has 1 aromatic rings. The van der Waals surface area contributed by atoms with E-state index in [2.05, 4.69) is 0 Å². The number of hydrogen-bond donors (Lipinski definition) is 1. The third-order valence-electron chi connectivity index (χ3n) is 2.54. The van der Waals surface area contributed by atoms with Crippen LogP contribution in [0.2, 0.25) is 0 Å². The van der Waals surface area contributed by atoms with Gasteiger partial charge in [0.2, 0.25) is 0 Å². The molecule has 0 aliphatic rings. The van der Waals surface area contributed by atoms with E-state index in [-0.39, 0.29) is 17.6 Å². The van der Waals surface area contributed by atoms with Crippen molar-refractivity contribution < 1.29 is 9.18 Å². The molecule has 0 spiro atoms. The lowest BCUT2D eigenvalue weighted by Crippen LogP contribution is -2.35. The van der Waals surface area contributed by atoms with Crippen LogP contribution in [0.4, 0.5) is 4.39 Å². The van der Waals surface area contributed by atoms with Crippen molar-refractivity contribution in [3.8, 4) is 0 Å². The number of nitrogens with zero attached hydrogens (tertiary/aromatic N) is 1. The fourth-order valence-electron chi connectivity index (χ4n) is 1.45. The lowest BCUT2D eigenvalue weighted by atomic mass is 10.1. The minimum atomic E-state index is -0.352. The highest BCUT2D eigenvalue weighted by atomic mass is 127. The monoisotopic (exact) mass is 380 g/mol. The first kappa shape index (κ1) is 15.3. The molecule has 0 aliphatic carbocycles. The molecule has 0 aliphatic heterocycles. The predicted octanol–water partition coefficient (Wildman–Crippen LogP) is 2.42. The molecule has 1 aromatic carbocycles. The molecule has 6 heteroatoms. The van der Waals surface area contributed by atoms with Gasteiger partial charge in [0, 0.05) is 23.1 Å². The molecule has 18 heavy (non-hydrogen) atoms. The Bertz CT molecular complexity index is 481. The van der Waals surface area contributed by atoms with Crippen LogP contribution >= 0.6 is 34.8 Å². The summed E-state index contributed by atoms with van der Waals surface area (Å²) in [5.41, 5.74) is 6.00. The summed E-state index contributed by atoms with van der Waals surface area (Å²) < 4.78 is 13.6. The molecule has 0 saturated heterocycles. The first-order valence-corrected chi connectivity index (χ1v) is 6.81. The molecule has 1 atom stereocenters. The number of thiocarbonyl (C=S) groups is 1. The largest absolute Gasteiger partial charge is 0.393 e. The van der Waals surface area contributed by atoms with Gasteiger partial charge in [-0.05, 0) is 40.8 Å². The molecule has 0 saturated carbocycles. The first-order chi connectivity index (χ1) is 8.32. The van der Waals surface area contributed by atoms with Gasteiger partial charge < -0.3 is 10.6 Å². The van der Waals surface area contributed by atoms with Gasteiger partial charge in [-0.2, -0.15) is 0 Å². The standard InChI is InChI=1S/C12H14FIN2OS/c1-7(11(15)18)6-16(2)12(17)9-4-3-8(13)5-10(9)14/h3-5,7H,6H2,1-2H3,(H2,15,18).